The molecule has 0 aliphatic heterocycles. The van der Waals surface area contributed by atoms with Crippen LogP contribution in [0.3, 0.4) is 0 Å². The van der Waals surface area contributed by atoms with Crippen LogP contribution >= 0.6 is 11.8 Å². The van der Waals surface area contributed by atoms with Crippen molar-refractivity contribution < 1.29 is 0 Å². The van der Waals surface area contributed by atoms with Gasteiger partial charge in [0.1, 0.15) is 0 Å². The Labute approximate surface area is 132 Å². The van der Waals surface area contributed by atoms with E-state index in [4.69, 9.17) is 0 Å². The van der Waals surface area contributed by atoms with Gasteiger partial charge in [-0.05, 0) is 43.9 Å². The molecule has 1 unspecified atom stereocenters. The van der Waals surface area contributed by atoms with E-state index in [1.165, 1.54) is 53.8 Å². The zero-order chi connectivity index (χ0) is 14.5. The van der Waals surface area contributed by atoms with E-state index in [0.717, 1.165) is 12.5 Å². The molecule has 3 heteroatoms. The highest BCUT2D eigenvalue weighted by atomic mass is 32.2. The summed E-state index contributed by atoms with van der Waals surface area (Å²) in [6, 6.07) is 11.5. The van der Waals surface area contributed by atoms with Crippen LogP contribution < -0.4 is 5.32 Å². The number of H-pyrrole nitrogens is 1. The quantitative estimate of drug-likeness (QED) is 0.718. The molecule has 1 saturated carbocycles. The molecule has 0 amide bonds. The van der Waals surface area contributed by atoms with Crippen molar-refractivity contribution >= 4 is 22.7 Å². The van der Waals surface area contributed by atoms with Gasteiger partial charge in [0, 0.05) is 22.7 Å². The summed E-state index contributed by atoms with van der Waals surface area (Å²) in [7, 11) is 0. The molecule has 114 valence electrons. The van der Waals surface area contributed by atoms with Crippen molar-refractivity contribution in [1.29, 1.82) is 0 Å². The molecule has 1 aliphatic rings. The number of thioether (sulfide) groups is 1. The largest absolute Gasteiger partial charge is 0.350 e. The molecule has 2 N–H and O–H groups in total. The second-order valence-electron chi connectivity index (χ2n) is 6.14. The van der Waals surface area contributed by atoms with Gasteiger partial charge in [0.25, 0.3) is 0 Å². The molecule has 0 spiro atoms. The Kier molecular flexibility index (Phi) is 5.26. The highest BCUT2D eigenvalue weighted by molar-refractivity contribution is 7.99. The molecule has 2 nitrogen and oxygen atoms in total. The minimum atomic E-state index is 0.670. The van der Waals surface area contributed by atoms with Crippen LogP contribution in [-0.4, -0.2) is 23.3 Å². The van der Waals surface area contributed by atoms with Crippen molar-refractivity contribution in [2.24, 2.45) is 5.92 Å². The van der Waals surface area contributed by atoms with Crippen molar-refractivity contribution in [3.05, 3.63) is 30.3 Å². The number of fused-ring (bicyclic) bond motifs is 1. The second-order valence-corrected chi connectivity index (χ2v) is 7.20. The fourth-order valence-corrected chi connectivity index (χ4v) is 4.50. The number of para-hydroxylation sites is 1. The number of benzene rings is 1. The maximum atomic E-state index is 3.78. The highest BCUT2D eigenvalue weighted by Crippen LogP contribution is 2.31. The van der Waals surface area contributed by atoms with Gasteiger partial charge >= 0.3 is 0 Å². The van der Waals surface area contributed by atoms with Crippen molar-refractivity contribution in [2.75, 3.05) is 12.3 Å². The lowest BCUT2D eigenvalue weighted by atomic mass is 10.00. The molecular formula is C18H26N2S. The minimum absolute atomic E-state index is 0.670. The lowest BCUT2D eigenvalue weighted by Crippen LogP contribution is -2.37. The molecule has 1 aliphatic carbocycles. The summed E-state index contributed by atoms with van der Waals surface area (Å²) in [5.41, 5.74) is 1.25. The molecule has 1 heterocycles. The molecule has 1 fully saturated rings. The Bertz CT molecular complexity index is 524. The van der Waals surface area contributed by atoms with Gasteiger partial charge in [0.2, 0.25) is 0 Å². The molecule has 21 heavy (non-hydrogen) atoms. The van der Waals surface area contributed by atoms with E-state index < -0.39 is 0 Å². The van der Waals surface area contributed by atoms with E-state index in [1.807, 2.05) is 11.8 Å². The predicted octanol–water partition coefficient (Wildman–Crippen LogP) is 4.82. The first-order valence-electron chi connectivity index (χ1n) is 8.30. The van der Waals surface area contributed by atoms with Crippen LogP contribution in [0.4, 0.5) is 0 Å². The number of hydrogen-bond acceptors (Lipinski definition) is 2. The maximum absolute atomic E-state index is 3.78. The highest BCUT2D eigenvalue weighted by Gasteiger charge is 2.24. The Morgan fingerprint density at radius 3 is 2.86 bits per heavy atom. The average molecular weight is 302 g/mol. The summed E-state index contributed by atoms with van der Waals surface area (Å²) in [6.45, 7) is 3.40. The summed E-state index contributed by atoms with van der Waals surface area (Å²) < 4.78 is 0. The summed E-state index contributed by atoms with van der Waals surface area (Å²) in [6.07, 6.45) is 6.89. The van der Waals surface area contributed by atoms with E-state index in [0.29, 0.717) is 6.04 Å². The van der Waals surface area contributed by atoms with E-state index in [1.54, 1.807) is 0 Å². The van der Waals surface area contributed by atoms with Crippen LogP contribution in [0.1, 0.15) is 39.0 Å². The van der Waals surface area contributed by atoms with Crippen LogP contribution in [-0.2, 0) is 0 Å². The predicted molar refractivity (Wildman–Crippen MR) is 93.1 cm³/mol. The maximum Gasteiger partial charge on any atom is 0.0733 e. The lowest BCUT2D eigenvalue weighted by Gasteiger charge is -2.24. The van der Waals surface area contributed by atoms with Gasteiger partial charge in [0.15, 0.2) is 0 Å². The van der Waals surface area contributed by atoms with Gasteiger partial charge in [0.05, 0.1) is 5.03 Å². The van der Waals surface area contributed by atoms with Crippen LogP contribution in [0, 0.1) is 5.92 Å². The molecule has 0 radical (unpaired) electrons. The molecule has 1 aromatic heterocycles. The third-order valence-corrected chi connectivity index (χ3v) is 5.61. The summed E-state index contributed by atoms with van der Waals surface area (Å²) in [5, 5.41) is 6.40. The van der Waals surface area contributed by atoms with Crippen molar-refractivity contribution in [2.45, 2.75) is 50.1 Å². The van der Waals surface area contributed by atoms with Crippen LogP contribution in [0.25, 0.3) is 10.9 Å². The number of rotatable bonds is 7. The summed E-state index contributed by atoms with van der Waals surface area (Å²) in [5.74, 6) is 2.06. The third-order valence-electron chi connectivity index (χ3n) is 4.55. The Morgan fingerprint density at radius 2 is 2.10 bits per heavy atom. The summed E-state index contributed by atoms with van der Waals surface area (Å²) >= 11 is 1.97. The normalized spacial score (nSPS) is 17.6. The van der Waals surface area contributed by atoms with Crippen LogP contribution in [0.5, 0.6) is 0 Å². The van der Waals surface area contributed by atoms with E-state index >= 15 is 0 Å². The van der Waals surface area contributed by atoms with Gasteiger partial charge in [-0.2, -0.15) is 0 Å². The first kappa shape index (κ1) is 15.0. The number of hydrogen-bond donors (Lipinski definition) is 2. The third kappa shape index (κ3) is 3.83. The van der Waals surface area contributed by atoms with Crippen LogP contribution in [0.15, 0.2) is 35.4 Å². The molecule has 1 aromatic carbocycles. The van der Waals surface area contributed by atoms with E-state index in [2.05, 4.69) is 47.6 Å². The van der Waals surface area contributed by atoms with Gasteiger partial charge in [-0.1, -0.05) is 38.0 Å². The molecule has 0 bridgehead atoms. The Morgan fingerprint density at radius 1 is 1.29 bits per heavy atom. The van der Waals surface area contributed by atoms with E-state index in [-0.39, 0.29) is 0 Å². The lowest BCUT2D eigenvalue weighted by molar-refractivity contribution is 0.388. The Hall–Kier alpha value is -0.930. The monoisotopic (exact) mass is 302 g/mol. The SMILES string of the molecule is CCCNC(CSc1cc2ccccc2[nH]1)C1CCCC1. The number of aromatic nitrogens is 1. The van der Waals surface area contributed by atoms with Crippen LogP contribution in [0.2, 0.25) is 0 Å². The fraction of sp³-hybridized carbons (Fsp3) is 0.556. The standard InChI is InChI=1S/C18H26N2S/c1-2-11-19-17(14-7-3-4-8-14)13-21-18-12-15-9-5-6-10-16(15)20-18/h5-6,9-10,12,14,17,19-20H,2-4,7-8,11,13H2,1H3. The zero-order valence-corrected chi connectivity index (χ0v) is 13.7. The zero-order valence-electron chi connectivity index (χ0n) is 12.9. The molecule has 3 rings (SSSR count). The van der Waals surface area contributed by atoms with Gasteiger partial charge in [-0.3, -0.25) is 0 Å². The van der Waals surface area contributed by atoms with Gasteiger partial charge in [-0.15, -0.1) is 11.8 Å². The minimum Gasteiger partial charge on any atom is -0.350 e. The average Bonchev–Trinajstić information content (AvgIpc) is 3.16. The fourth-order valence-electron chi connectivity index (χ4n) is 3.36. The van der Waals surface area contributed by atoms with E-state index in [9.17, 15) is 0 Å². The number of nitrogens with one attached hydrogen (secondary N) is 2. The van der Waals surface area contributed by atoms with Gasteiger partial charge in [-0.25, -0.2) is 0 Å². The van der Waals surface area contributed by atoms with Crippen molar-refractivity contribution in [3.8, 4) is 0 Å². The number of aromatic amines is 1. The second kappa shape index (κ2) is 7.37. The van der Waals surface area contributed by atoms with Crippen molar-refractivity contribution in [3.63, 3.8) is 0 Å². The molecular weight excluding hydrogens is 276 g/mol. The smallest absolute Gasteiger partial charge is 0.0733 e. The summed E-state index contributed by atoms with van der Waals surface area (Å²) in [4.78, 5) is 3.53. The van der Waals surface area contributed by atoms with Crippen molar-refractivity contribution in [1.82, 2.24) is 10.3 Å². The molecule has 2 aromatic rings. The molecule has 0 saturated heterocycles. The molecule has 1 atom stereocenters. The Balaban J connectivity index is 1.62. The topological polar surface area (TPSA) is 27.8 Å². The first-order chi connectivity index (χ1) is 10.4. The van der Waals surface area contributed by atoms with Gasteiger partial charge < -0.3 is 10.3 Å². The first-order valence-corrected chi connectivity index (χ1v) is 9.29.